The molecule has 5 N–H and O–H groups in total. The standard InChI is InChI=1S/C3H6N4O4S2/c4-12(8,9)2-1-6-7-3(2)13(5,10)11/h1H,(H,6,7)(H2,4,8,9)(H2,5,10,11). The normalized spacial score (nSPS) is 13.1. The fourth-order valence-corrected chi connectivity index (χ4v) is 2.38. The van der Waals surface area contributed by atoms with Crippen LogP contribution in [0, 0.1) is 0 Å². The van der Waals surface area contributed by atoms with Crippen LogP contribution in [0.4, 0.5) is 0 Å². The lowest BCUT2D eigenvalue weighted by Gasteiger charge is -1.96. The van der Waals surface area contributed by atoms with Crippen LogP contribution < -0.4 is 10.3 Å². The molecule has 0 unspecified atom stereocenters. The van der Waals surface area contributed by atoms with Gasteiger partial charge in [-0.2, -0.15) is 5.10 Å². The smallest absolute Gasteiger partial charge is 0.256 e. The van der Waals surface area contributed by atoms with Crippen molar-refractivity contribution in [2.24, 2.45) is 10.3 Å². The molecule has 0 atom stereocenters. The molecule has 1 heterocycles. The highest BCUT2D eigenvalue weighted by Gasteiger charge is 2.23. The van der Waals surface area contributed by atoms with Crippen molar-refractivity contribution in [1.29, 1.82) is 0 Å². The Hall–Kier alpha value is -0.970. The first-order chi connectivity index (χ1) is 5.73. The molecule has 0 aliphatic rings. The Labute approximate surface area is 74.0 Å². The van der Waals surface area contributed by atoms with E-state index in [1.165, 1.54) is 0 Å². The number of sulfonamides is 2. The van der Waals surface area contributed by atoms with Crippen LogP contribution in [0.25, 0.3) is 0 Å². The summed E-state index contributed by atoms with van der Waals surface area (Å²) in [6, 6.07) is 0. The first-order valence-corrected chi connectivity index (χ1v) is 5.91. The van der Waals surface area contributed by atoms with Crippen molar-refractivity contribution in [3.05, 3.63) is 6.20 Å². The van der Waals surface area contributed by atoms with Crippen molar-refractivity contribution in [3.63, 3.8) is 0 Å². The van der Waals surface area contributed by atoms with Crippen molar-refractivity contribution in [1.82, 2.24) is 10.2 Å². The van der Waals surface area contributed by atoms with Crippen molar-refractivity contribution in [2.45, 2.75) is 9.92 Å². The summed E-state index contributed by atoms with van der Waals surface area (Å²) in [5, 5.41) is 13.8. The Kier molecular flexibility index (Phi) is 2.15. The maximum atomic E-state index is 10.8. The van der Waals surface area contributed by atoms with Crippen LogP contribution in [0.3, 0.4) is 0 Å². The zero-order chi connectivity index (χ0) is 10.3. The number of H-pyrrole nitrogens is 1. The van der Waals surface area contributed by atoms with Gasteiger partial charge in [0.15, 0.2) is 5.03 Å². The van der Waals surface area contributed by atoms with Crippen molar-refractivity contribution in [3.8, 4) is 0 Å². The highest BCUT2D eigenvalue weighted by Crippen LogP contribution is 2.13. The van der Waals surface area contributed by atoms with Gasteiger partial charge in [0, 0.05) is 0 Å². The SMILES string of the molecule is NS(=O)(=O)c1cn[nH]c1S(N)(=O)=O. The first-order valence-electron chi connectivity index (χ1n) is 2.82. The third-order valence-electron chi connectivity index (χ3n) is 1.16. The Morgan fingerprint density at radius 2 is 1.69 bits per heavy atom. The largest absolute Gasteiger partial charge is 0.265 e. The molecule has 0 spiro atoms. The van der Waals surface area contributed by atoms with Gasteiger partial charge >= 0.3 is 0 Å². The highest BCUT2D eigenvalue weighted by atomic mass is 32.2. The minimum absolute atomic E-state index is 0.644. The molecule has 74 valence electrons. The quantitative estimate of drug-likeness (QED) is 0.518. The minimum atomic E-state index is -4.15. The van der Waals surface area contributed by atoms with E-state index in [1.54, 1.807) is 0 Å². The predicted molar refractivity (Wildman–Crippen MR) is 41.3 cm³/mol. The molecule has 0 saturated carbocycles. The van der Waals surface area contributed by atoms with E-state index in [0.717, 1.165) is 6.20 Å². The lowest BCUT2D eigenvalue weighted by atomic mass is 10.7. The third-order valence-corrected chi connectivity index (χ3v) is 3.09. The van der Waals surface area contributed by atoms with E-state index in [4.69, 9.17) is 5.14 Å². The summed E-state index contributed by atoms with van der Waals surface area (Å²) in [6.07, 6.45) is 0.773. The van der Waals surface area contributed by atoms with Gasteiger partial charge in [-0.25, -0.2) is 27.1 Å². The number of primary sulfonamides is 2. The number of hydrogen-bond acceptors (Lipinski definition) is 5. The van der Waals surface area contributed by atoms with Crippen LogP contribution in [-0.4, -0.2) is 27.0 Å². The van der Waals surface area contributed by atoms with Crippen LogP contribution in [-0.2, 0) is 20.0 Å². The summed E-state index contributed by atoms with van der Waals surface area (Å²) >= 11 is 0. The van der Waals surface area contributed by atoms with E-state index >= 15 is 0 Å². The Morgan fingerprint density at radius 1 is 1.15 bits per heavy atom. The van der Waals surface area contributed by atoms with Gasteiger partial charge in [-0.1, -0.05) is 0 Å². The van der Waals surface area contributed by atoms with Crippen molar-refractivity contribution >= 4 is 20.0 Å². The van der Waals surface area contributed by atoms with E-state index in [0.29, 0.717) is 0 Å². The van der Waals surface area contributed by atoms with Gasteiger partial charge in [0.05, 0.1) is 6.20 Å². The van der Waals surface area contributed by atoms with E-state index in [-0.39, 0.29) is 0 Å². The number of nitrogens with zero attached hydrogens (tertiary/aromatic N) is 1. The fourth-order valence-electron chi connectivity index (χ4n) is 0.670. The van der Waals surface area contributed by atoms with Crippen molar-refractivity contribution < 1.29 is 16.8 Å². The van der Waals surface area contributed by atoms with E-state index in [2.05, 4.69) is 10.2 Å². The van der Waals surface area contributed by atoms with Gasteiger partial charge in [-0.3, -0.25) is 5.10 Å². The maximum absolute atomic E-state index is 10.8. The van der Waals surface area contributed by atoms with E-state index < -0.39 is 30.0 Å². The third kappa shape index (κ3) is 2.03. The summed E-state index contributed by atoms with van der Waals surface area (Å²) in [6.45, 7) is 0. The summed E-state index contributed by atoms with van der Waals surface area (Å²) in [5.74, 6) is 0. The second-order valence-electron chi connectivity index (χ2n) is 2.15. The number of aromatic amines is 1. The lowest BCUT2D eigenvalue weighted by molar-refractivity contribution is 0.581. The van der Waals surface area contributed by atoms with Crippen molar-refractivity contribution in [2.75, 3.05) is 0 Å². The molecule has 0 amide bonds. The molecular weight excluding hydrogens is 220 g/mol. The number of nitrogens with one attached hydrogen (secondary N) is 1. The van der Waals surface area contributed by atoms with Crippen LogP contribution >= 0.6 is 0 Å². The second-order valence-corrected chi connectivity index (χ2v) is 5.18. The first kappa shape index (κ1) is 10.1. The zero-order valence-electron chi connectivity index (χ0n) is 6.13. The molecule has 0 radical (unpaired) electrons. The van der Waals surface area contributed by atoms with Gasteiger partial charge in [-0.15, -0.1) is 0 Å². The summed E-state index contributed by atoms with van der Waals surface area (Å²) in [4.78, 5) is -0.644. The molecule has 0 aliphatic heterocycles. The van der Waals surface area contributed by atoms with Gasteiger partial charge in [-0.05, 0) is 0 Å². The van der Waals surface area contributed by atoms with Crippen LogP contribution in [0.1, 0.15) is 0 Å². The Balaban J connectivity index is 3.54. The molecule has 1 aromatic heterocycles. The van der Waals surface area contributed by atoms with Gasteiger partial charge < -0.3 is 0 Å². The fraction of sp³-hybridized carbons (Fsp3) is 0. The van der Waals surface area contributed by atoms with Crippen LogP contribution in [0.2, 0.25) is 0 Å². The Bertz CT molecular complexity index is 465. The summed E-state index contributed by atoms with van der Waals surface area (Å²) in [5.41, 5.74) is 0. The molecule has 13 heavy (non-hydrogen) atoms. The second kappa shape index (κ2) is 2.77. The van der Waals surface area contributed by atoms with Gasteiger partial charge in [0.2, 0.25) is 10.0 Å². The van der Waals surface area contributed by atoms with E-state index in [1.807, 2.05) is 5.10 Å². The number of rotatable bonds is 2. The van der Waals surface area contributed by atoms with Crippen LogP contribution in [0.15, 0.2) is 16.1 Å². The van der Waals surface area contributed by atoms with Gasteiger partial charge in [0.25, 0.3) is 10.0 Å². The topological polar surface area (TPSA) is 149 Å². The Morgan fingerprint density at radius 3 is 2.00 bits per heavy atom. The molecular formula is C3H6N4O4S2. The zero-order valence-corrected chi connectivity index (χ0v) is 7.76. The molecule has 0 fully saturated rings. The van der Waals surface area contributed by atoms with Crippen LogP contribution in [0.5, 0.6) is 0 Å². The summed E-state index contributed by atoms with van der Waals surface area (Å²) < 4.78 is 43.0. The highest BCUT2D eigenvalue weighted by molar-refractivity contribution is 7.92. The average Bonchev–Trinajstić information content (AvgIpc) is 2.27. The molecule has 8 nitrogen and oxygen atoms in total. The molecule has 1 aromatic rings. The molecule has 1 rings (SSSR count). The molecule has 0 aliphatic carbocycles. The predicted octanol–water partition coefficient (Wildman–Crippen LogP) is -2.30. The van der Waals surface area contributed by atoms with E-state index in [9.17, 15) is 16.8 Å². The molecule has 0 bridgehead atoms. The monoisotopic (exact) mass is 226 g/mol. The lowest BCUT2D eigenvalue weighted by Crippen LogP contribution is -2.19. The number of aromatic nitrogens is 2. The van der Waals surface area contributed by atoms with Gasteiger partial charge in [0.1, 0.15) is 4.90 Å². The number of nitrogens with two attached hydrogens (primary N) is 2. The molecule has 0 saturated heterocycles. The number of hydrogen-bond donors (Lipinski definition) is 3. The molecule has 10 heteroatoms. The molecule has 0 aromatic carbocycles. The minimum Gasteiger partial charge on any atom is -0.265 e. The maximum Gasteiger partial charge on any atom is 0.256 e. The average molecular weight is 226 g/mol. The summed E-state index contributed by atoms with van der Waals surface area (Å²) in [7, 11) is -8.28.